The Morgan fingerprint density at radius 2 is 1.85 bits per heavy atom. The molecule has 0 aliphatic heterocycles. The van der Waals surface area contributed by atoms with Gasteiger partial charge < -0.3 is 9.30 Å². The second-order valence-electron chi connectivity index (χ2n) is 8.80. The van der Waals surface area contributed by atoms with Gasteiger partial charge >= 0.3 is 11.7 Å². The largest absolute Gasteiger partial charge is 0.469 e. The summed E-state index contributed by atoms with van der Waals surface area (Å²) in [5, 5.41) is 1.75. The number of ether oxygens (including phenoxy) is 1. The summed E-state index contributed by atoms with van der Waals surface area (Å²) in [4.78, 5) is 25.8. The van der Waals surface area contributed by atoms with Gasteiger partial charge in [0.05, 0.1) is 36.6 Å². The maximum Gasteiger partial charge on any atom is 0.329 e. The molecule has 1 atom stereocenters. The Balaban J connectivity index is 1.95. The molecule has 2 aromatic carbocycles. The van der Waals surface area contributed by atoms with Gasteiger partial charge in [0.25, 0.3) is 0 Å². The molecule has 0 radical (unpaired) electrons. The van der Waals surface area contributed by atoms with Crippen LogP contribution in [0.3, 0.4) is 0 Å². The van der Waals surface area contributed by atoms with Gasteiger partial charge in [-0.1, -0.05) is 24.6 Å². The normalized spacial score (nSPS) is 12.6. The van der Waals surface area contributed by atoms with E-state index >= 15 is 0 Å². The number of aryl methyl sites for hydroxylation is 3. The second kappa shape index (κ2) is 8.75. The zero-order valence-corrected chi connectivity index (χ0v) is 20.8. The van der Waals surface area contributed by atoms with E-state index in [1.807, 2.05) is 51.2 Å². The van der Waals surface area contributed by atoms with Gasteiger partial charge in [0.1, 0.15) is 0 Å². The molecule has 7 heteroatoms. The van der Waals surface area contributed by atoms with Crippen molar-refractivity contribution in [3.8, 4) is 0 Å². The lowest BCUT2D eigenvalue weighted by atomic mass is 10.1. The van der Waals surface area contributed by atoms with Crippen LogP contribution in [0.15, 0.2) is 35.1 Å². The minimum absolute atomic E-state index is 0.137. The van der Waals surface area contributed by atoms with Gasteiger partial charge in [-0.3, -0.25) is 13.9 Å². The van der Waals surface area contributed by atoms with Crippen LogP contribution >= 0.6 is 11.6 Å². The molecular formula is C26H30ClN3O3. The molecule has 0 saturated heterocycles. The lowest BCUT2D eigenvalue weighted by Crippen LogP contribution is -2.29. The fourth-order valence-electron chi connectivity index (χ4n) is 4.83. The number of hydrogen-bond acceptors (Lipinski definition) is 3. The average Bonchev–Trinajstić information content (AvgIpc) is 3.17. The smallest absolute Gasteiger partial charge is 0.329 e. The minimum atomic E-state index is -0.325. The van der Waals surface area contributed by atoms with E-state index in [9.17, 15) is 9.59 Å². The molecule has 6 nitrogen and oxygen atoms in total. The highest BCUT2D eigenvalue weighted by molar-refractivity contribution is 6.31. The third-order valence-corrected chi connectivity index (χ3v) is 7.07. The molecule has 4 rings (SSSR count). The van der Waals surface area contributed by atoms with Crippen LogP contribution in [0.2, 0.25) is 5.02 Å². The number of esters is 1. The zero-order chi connectivity index (χ0) is 24.0. The van der Waals surface area contributed by atoms with Gasteiger partial charge in [-0.15, -0.1) is 0 Å². The number of carbonyl (C=O) groups is 1. The van der Waals surface area contributed by atoms with Gasteiger partial charge in [0, 0.05) is 29.2 Å². The van der Waals surface area contributed by atoms with Crippen molar-refractivity contribution < 1.29 is 9.53 Å². The first-order chi connectivity index (χ1) is 15.7. The van der Waals surface area contributed by atoms with Gasteiger partial charge in [-0.25, -0.2) is 4.79 Å². The lowest BCUT2D eigenvalue weighted by molar-refractivity contribution is -0.141. The number of fused-ring (bicyclic) bond motifs is 2. The molecule has 0 amide bonds. The van der Waals surface area contributed by atoms with Crippen LogP contribution in [0.4, 0.5) is 0 Å². The number of aromatic nitrogens is 3. The molecule has 0 aliphatic carbocycles. The molecule has 0 fully saturated rings. The molecular weight excluding hydrogens is 438 g/mol. The predicted molar refractivity (Wildman–Crippen MR) is 133 cm³/mol. The van der Waals surface area contributed by atoms with E-state index in [2.05, 4.69) is 18.4 Å². The summed E-state index contributed by atoms with van der Waals surface area (Å²) in [6.07, 6.45) is 0.789. The third kappa shape index (κ3) is 3.86. The van der Waals surface area contributed by atoms with Crippen molar-refractivity contribution in [2.45, 2.75) is 53.1 Å². The second-order valence-corrected chi connectivity index (χ2v) is 9.24. The Bertz CT molecular complexity index is 1440. The number of methoxy groups -OCH3 is 1. The first-order valence-electron chi connectivity index (χ1n) is 11.2. The maximum absolute atomic E-state index is 13.8. The SMILES string of the molecule is CCC(CC(=O)OC)n1c(=O)n(Cc2cc(Cl)cc3c(C)c(C)n(C)c23)c2ccc(C)cc21. The van der Waals surface area contributed by atoms with E-state index in [1.54, 1.807) is 9.13 Å². The fraction of sp³-hybridized carbons (Fsp3) is 0.385. The molecule has 1 unspecified atom stereocenters. The van der Waals surface area contributed by atoms with Crippen LogP contribution in [-0.2, 0) is 23.1 Å². The summed E-state index contributed by atoms with van der Waals surface area (Å²) in [5.41, 5.74) is 7.00. The van der Waals surface area contributed by atoms with Crippen molar-refractivity contribution in [3.63, 3.8) is 0 Å². The highest BCUT2D eigenvalue weighted by Crippen LogP contribution is 2.32. The molecule has 0 N–H and O–H groups in total. The number of nitrogens with zero attached hydrogens (tertiary/aromatic N) is 3. The molecule has 2 heterocycles. The number of benzene rings is 2. The summed E-state index contributed by atoms with van der Waals surface area (Å²) in [6, 6.07) is 9.65. The summed E-state index contributed by atoms with van der Waals surface area (Å²) in [5.74, 6) is -0.325. The van der Waals surface area contributed by atoms with Crippen molar-refractivity contribution in [2.75, 3.05) is 7.11 Å². The van der Waals surface area contributed by atoms with Gasteiger partial charge in [0.2, 0.25) is 0 Å². The minimum Gasteiger partial charge on any atom is -0.469 e. The molecule has 33 heavy (non-hydrogen) atoms. The Kier molecular flexibility index (Phi) is 6.14. The first kappa shape index (κ1) is 23.2. The van der Waals surface area contributed by atoms with Crippen LogP contribution in [0.25, 0.3) is 21.9 Å². The maximum atomic E-state index is 13.8. The quantitative estimate of drug-likeness (QED) is 0.355. The highest BCUT2D eigenvalue weighted by atomic mass is 35.5. The van der Waals surface area contributed by atoms with Crippen LogP contribution < -0.4 is 5.69 Å². The highest BCUT2D eigenvalue weighted by Gasteiger charge is 2.23. The van der Waals surface area contributed by atoms with E-state index in [4.69, 9.17) is 16.3 Å². The molecule has 0 saturated carbocycles. The van der Waals surface area contributed by atoms with Crippen molar-refractivity contribution in [1.29, 1.82) is 0 Å². The zero-order valence-electron chi connectivity index (χ0n) is 20.0. The van der Waals surface area contributed by atoms with Crippen molar-refractivity contribution in [1.82, 2.24) is 13.7 Å². The van der Waals surface area contributed by atoms with E-state index < -0.39 is 0 Å². The summed E-state index contributed by atoms with van der Waals surface area (Å²) < 4.78 is 10.6. The Labute approximate surface area is 198 Å². The van der Waals surface area contributed by atoms with Gasteiger partial charge in [-0.05, 0) is 68.1 Å². The summed E-state index contributed by atoms with van der Waals surface area (Å²) >= 11 is 6.50. The Morgan fingerprint density at radius 1 is 1.12 bits per heavy atom. The standard InChI is InChI=1S/C26H30ClN3O3/c1-7-20(13-24(31)33-6)30-23-10-15(2)8-9-22(23)29(26(30)32)14-18-11-19(27)12-21-16(3)17(4)28(5)25(18)21/h8-12,20H,7,13-14H2,1-6H3. The monoisotopic (exact) mass is 467 g/mol. The average molecular weight is 468 g/mol. The predicted octanol–water partition coefficient (Wildman–Crippen LogP) is 5.44. The van der Waals surface area contributed by atoms with Crippen LogP contribution in [0.1, 0.15) is 48.2 Å². The summed E-state index contributed by atoms with van der Waals surface area (Å²) in [7, 11) is 3.42. The van der Waals surface area contributed by atoms with E-state index in [0.29, 0.717) is 18.0 Å². The first-order valence-corrected chi connectivity index (χ1v) is 11.6. The molecule has 0 aliphatic rings. The molecule has 2 aromatic heterocycles. The van der Waals surface area contributed by atoms with E-state index in [1.165, 1.54) is 18.4 Å². The fourth-order valence-corrected chi connectivity index (χ4v) is 5.07. The third-order valence-electron chi connectivity index (χ3n) is 6.85. The molecule has 0 bridgehead atoms. The number of rotatable bonds is 6. The number of imidazole rings is 1. The van der Waals surface area contributed by atoms with Crippen molar-refractivity contribution in [2.24, 2.45) is 7.05 Å². The van der Waals surface area contributed by atoms with Gasteiger partial charge in [-0.2, -0.15) is 0 Å². The van der Waals surface area contributed by atoms with Crippen LogP contribution in [0, 0.1) is 20.8 Å². The van der Waals surface area contributed by atoms with E-state index in [0.717, 1.165) is 33.1 Å². The number of hydrogen-bond donors (Lipinski definition) is 0. The Hall–Kier alpha value is -2.99. The number of halogens is 1. The molecule has 0 spiro atoms. The van der Waals surface area contributed by atoms with Crippen LogP contribution in [0.5, 0.6) is 0 Å². The van der Waals surface area contributed by atoms with Gasteiger partial charge in [0.15, 0.2) is 0 Å². The summed E-state index contributed by atoms with van der Waals surface area (Å²) in [6.45, 7) is 8.55. The molecule has 174 valence electrons. The van der Waals surface area contributed by atoms with Crippen molar-refractivity contribution >= 4 is 39.5 Å². The van der Waals surface area contributed by atoms with Crippen molar-refractivity contribution in [3.05, 3.63) is 68.2 Å². The lowest BCUT2D eigenvalue weighted by Gasteiger charge is -2.15. The van der Waals surface area contributed by atoms with Crippen LogP contribution in [-0.4, -0.2) is 26.8 Å². The topological polar surface area (TPSA) is 58.2 Å². The van der Waals surface area contributed by atoms with E-state index in [-0.39, 0.29) is 24.1 Å². The molecule has 4 aromatic rings. The Morgan fingerprint density at radius 3 is 2.52 bits per heavy atom. The number of carbonyl (C=O) groups excluding carboxylic acids is 1.